The fourth-order valence-corrected chi connectivity index (χ4v) is 3.89. The van der Waals surface area contributed by atoms with Crippen molar-refractivity contribution in [2.75, 3.05) is 7.11 Å². The molecule has 6 heteroatoms. The number of rotatable bonds is 6. The molecule has 0 unspecified atom stereocenters. The van der Waals surface area contributed by atoms with Crippen LogP contribution in [0.4, 0.5) is 0 Å². The van der Waals surface area contributed by atoms with Gasteiger partial charge in [0.15, 0.2) is 0 Å². The maximum absolute atomic E-state index is 12.1. The molecule has 0 saturated heterocycles. The van der Waals surface area contributed by atoms with Gasteiger partial charge in [-0.1, -0.05) is 25.1 Å². The molecule has 0 aliphatic heterocycles. The number of methoxy groups -OCH3 is 1. The molecule has 0 aliphatic rings. The molecule has 1 aromatic carbocycles. The number of hydrogen-bond acceptors (Lipinski definition) is 4. The lowest BCUT2D eigenvalue weighted by molar-refractivity contribution is 0.409. The Morgan fingerprint density at radius 1 is 1.30 bits per heavy atom. The Morgan fingerprint density at radius 3 is 2.70 bits per heavy atom. The highest BCUT2D eigenvalue weighted by Crippen LogP contribution is 2.21. The molecule has 0 fully saturated rings. The zero-order valence-corrected chi connectivity index (χ0v) is 13.1. The van der Waals surface area contributed by atoms with Crippen molar-refractivity contribution in [1.82, 2.24) is 4.72 Å². The van der Waals surface area contributed by atoms with E-state index in [1.54, 1.807) is 24.6 Å². The fraction of sp³-hybridized carbons (Fsp3) is 0.286. The molecule has 0 spiro atoms. The first-order valence-electron chi connectivity index (χ1n) is 6.25. The first-order valence-corrected chi connectivity index (χ1v) is 8.62. The summed E-state index contributed by atoms with van der Waals surface area (Å²) in [6.45, 7) is 2.28. The number of thiophene rings is 1. The minimum Gasteiger partial charge on any atom is -0.496 e. The van der Waals surface area contributed by atoms with Gasteiger partial charge in [-0.15, -0.1) is 11.3 Å². The number of nitrogens with one attached hydrogen (secondary N) is 1. The molecular weight excluding hydrogens is 294 g/mol. The van der Waals surface area contributed by atoms with E-state index in [9.17, 15) is 8.42 Å². The maximum Gasteiger partial charge on any atom is 0.250 e. The third-order valence-electron chi connectivity index (χ3n) is 2.97. The molecule has 20 heavy (non-hydrogen) atoms. The van der Waals surface area contributed by atoms with Gasteiger partial charge in [-0.25, -0.2) is 13.1 Å². The van der Waals surface area contributed by atoms with Crippen LogP contribution < -0.4 is 9.46 Å². The minimum absolute atomic E-state index is 0.219. The van der Waals surface area contributed by atoms with Crippen LogP contribution in [0.1, 0.15) is 18.1 Å². The van der Waals surface area contributed by atoms with Gasteiger partial charge in [0.05, 0.1) is 7.11 Å². The summed E-state index contributed by atoms with van der Waals surface area (Å²) >= 11 is 1.20. The van der Waals surface area contributed by atoms with Crippen LogP contribution in [-0.2, 0) is 23.0 Å². The van der Waals surface area contributed by atoms with E-state index in [0.717, 1.165) is 17.5 Å². The average molecular weight is 311 g/mol. The Hall–Kier alpha value is -1.37. The molecular formula is C14H17NO3S2. The minimum atomic E-state index is -3.45. The summed E-state index contributed by atoms with van der Waals surface area (Å²) in [6.07, 6.45) is 0.897. The normalized spacial score (nSPS) is 11.5. The predicted octanol–water partition coefficient (Wildman–Crippen LogP) is 2.80. The number of aryl methyl sites for hydroxylation is 1. The van der Waals surface area contributed by atoms with Crippen molar-refractivity contribution >= 4 is 21.4 Å². The van der Waals surface area contributed by atoms with Crippen molar-refractivity contribution in [2.45, 2.75) is 24.1 Å². The Kier molecular flexibility index (Phi) is 4.80. The monoisotopic (exact) mass is 311 g/mol. The third kappa shape index (κ3) is 3.39. The number of benzene rings is 1. The van der Waals surface area contributed by atoms with Crippen molar-refractivity contribution in [2.24, 2.45) is 0 Å². The van der Waals surface area contributed by atoms with Crippen LogP contribution in [0.5, 0.6) is 5.75 Å². The van der Waals surface area contributed by atoms with Gasteiger partial charge in [0.25, 0.3) is 0 Å². The highest BCUT2D eigenvalue weighted by atomic mass is 32.2. The Bertz CT molecular complexity index is 664. The standard InChI is InChI=1S/C14H17NO3S2/c1-3-11-6-7-13(18-2)12(9-11)10-15-20(16,17)14-5-4-8-19-14/h4-9,15H,3,10H2,1-2H3. The molecule has 1 aromatic heterocycles. The SMILES string of the molecule is CCc1ccc(OC)c(CNS(=O)(=O)c2cccs2)c1. The van der Waals surface area contributed by atoms with Crippen molar-refractivity contribution in [3.63, 3.8) is 0 Å². The Morgan fingerprint density at radius 2 is 2.10 bits per heavy atom. The summed E-state index contributed by atoms with van der Waals surface area (Å²) in [7, 11) is -1.87. The van der Waals surface area contributed by atoms with Gasteiger partial charge in [-0.05, 0) is 29.5 Å². The van der Waals surface area contributed by atoms with E-state index in [2.05, 4.69) is 11.6 Å². The molecule has 0 atom stereocenters. The highest BCUT2D eigenvalue weighted by molar-refractivity contribution is 7.91. The van der Waals surface area contributed by atoms with Crippen molar-refractivity contribution < 1.29 is 13.2 Å². The number of hydrogen-bond donors (Lipinski definition) is 1. The average Bonchev–Trinajstić information content (AvgIpc) is 3.00. The van der Waals surface area contributed by atoms with Crippen LogP contribution in [-0.4, -0.2) is 15.5 Å². The van der Waals surface area contributed by atoms with Crippen LogP contribution in [0, 0.1) is 0 Å². The van der Waals surface area contributed by atoms with Crippen LogP contribution in [0.2, 0.25) is 0 Å². The van der Waals surface area contributed by atoms with E-state index in [1.165, 1.54) is 11.3 Å². The summed E-state index contributed by atoms with van der Waals surface area (Å²) in [5, 5.41) is 1.74. The molecule has 1 N–H and O–H groups in total. The maximum atomic E-state index is 12.1. The van der Waals surface area contributed by atoms with E-state index in [0.29, 0.717) is 9.96 Å². The third-order valence-corrected chi connectivity index (χ3v) is 5.76. The van der Waals surface area contributed by atoms with Crippen LogP contribution in [0.15, 0.2) is 39.9 Å². The van der Waals surface area contributed by atoms with E-state index < -0.39 is 10.0 Å². The lowest BCUT2D eigenvalue weighted by Gasteiger charge is -2.11. The molecule has 1 heterocycles. The summed E-state index contributed by atoms with van der Waals surface area (Å²) in [5.74, 6) is 0.691. The summed E-state index contributed by atoms with van der Waals surface area (Å²) in [5.41, 5.74) is 1.99. The molecule has 2 rings (SSSR count). The second kappa shape index (κ2) is 6.39. The smallest absolute Gasteiger partial charge is 0.250 e. The van der Waals surface area contributed by atoms with Gasteiger partial charge in [-0.3, -0.25) is 0 Å². The molecule has 0 saturated carbocycles. The molecule has 4 nitrogen and oxygen atoms in total. The van der Waals surface area contributed by atoms with Crippen molar-refractivity contribution in [3.05, 3.63) is 46.8 Å². The summed E-state index contributed by atoms with van der Waals surface area (Å²) < 4.78 is 32.4. The molecule has 0 radical (unpaired) electrons. The first-order chi connectivity index (χ1) is 9.56. The Labute approximate surface area is 123 Å². The van der Waals surface area contributed by atoms with E-state index in [-0.39, 0.29) is 6.54 Å². The lowest BCUT2D eigenvalue weighted by Crippen LogP contribution is -2.22. The van der Waals surface area contributed by atoms with Crippen LogP contribution in [0.3, 0.4) is 0 Å². The van der Waals surface area contributed by atoms with Gasteiger partial charge in [-0.2, -0.15) is 0 Å². The van der Waals surface area contributed by atoms with Crippen LogP contribution >= 0.6 is 11.3 Å². The summed E-state index contributed by atoms with van der Waals surface area (Å²) in [6, 6.07) is 9.13. The lowest BCUT2D eigenvalue weighted by atomic mass is 10.1. The Balaban J connectivity index is 2.18. The van der Waals surface area contributed by atoms with E-state index >= 15 is 0 Å². The molecule has 0 amide bonds. The topological polar surface area (TPSA) is 55.4 Å². The van der Waals surface area contributed by atoms with Crippen molar-refractivity contribution in [3.8, 4) is 5.75 Å². The molecule has 2 aromatic rings. The van der Waals surface area contributed by atoms with Gasteiger partial charge in [0, 0.05) is 12.1 Å². The van der Waals surface area contributed by atoms with Gasteiger partial charge in [0.1, 0.15) is 9.96 Å². The number of ether oxygens (including phenoxy) is 1. The first kappa shape index (κ1) is 15.0. The van der Waals surface area contributed by atoms with Gasteiger partial charge < -0.3 is 4.74 Å². The van der Waals surface area contributed by atoms with Gasteiger partial charge in [0.2, 0.25) is 10.0 Å². The summed E-state index contributed by atoms with van der Waals surface area (Å²) in [4.78, 5) is 0. The van der Waals surface area contributed by atoms with Crippen molar-refractivity contribution in [1.29, 1.82) is 0 Å². The molecule has 0 bridgehead atoms. The van der Waals surface area contributed by atoms with Crippen LogP contribution in [0.25, 0.3) is 0 Å². The zero-order valence-electron chi connectivity index (χ0n) is 11.4. The zero-order chi connectivity index (χ0) is 14.6. The second-order valence-corrected chi connectivity index (χ2v) is 7.20. The largest absolute Gasteiger partial charge is 0.496 e. The predicted molar refractivity (Wildman–Crippen MR) is 80.7 cm³/mol. The van der Waals surface area contributed by atoms with Gasteiger partial charge >= 0.3 is 0 Å². The number of sulfonamides is 1. The fourth-order valence-electron chi connectivity index (χ4n) is 1.85. The van der Waals surface area contributed by atoms with E-state index in [1.807, 2.05) is 18.2 Å². The highest BCUT2D eigenvalue weighted by Gasteiger charge is 2.15. The quantitative estimate of drug-likeness (QED) is 0.892. The second-order valence-electron chi connectivity index (χ2n) is 4.26. The van der Waals surface area contributed by atoms with E-state index in [4.69, 9.17) is 4.74 Å². The molecule has 0 aliphatic carbocycles. The molecule has 108 valence electrons.